The number of hydrogen-bond acceptors (Lipinski definition) is 1. The molecule has 5 rings (SSSR count). The van der Waals surface area contributed by atoms with Crippen LogP contribution in [-0.4, -0.2) is 6.36 Å². The van der Waals surface area contributed by atoms with E-state index in [2.05, 4.69) is 29.5 Å². The summed E-state index contributed by atoms with van der Waals surface area (Å²) in [5.74, 6) is 2.51. The molecule has 0 heterocycles. The van der Waals surface area contributed by atoms with E-state index in [0.717, 1.165) is 92.9 Å². The molecule has 0 spiro atoms. The molecule has 0 N–H and O–H groups in total. The van der Waals surface area contributed by atoms with Gasteiger partial charge >= 0.3 is 6.36 Å². The van der Waals surface area contributed by atoms with Crippen LogP contribution in [0.2, 0.25) is 0 Å². The summed E-state index contributed by atoms with van der Waals surface area (Å²) in [4.78, 5) is 0. The second-order valence-corrected chi connectivity index (χ2v) is 11.6. The van der Waals surface area contributed by atoms with E-state index in [-0.39, 0.29) is 11.6 Å². The minimum atomic E-state index is -4.66. The molecule has 0 saturated heterocycles. The van der Waals surface area contributed by atoms with Gasteiger partial charge in [-0.1, -0.05) is 36.4 Å². The minimum Gasteiger partial charge on any atom is -0.406 e. The molecule has 2 aromatic rings. The van der Waals surface area contributed by atoms with Crippen LogP contribution in [0.3, 0.4) is 0 Å². The molecule has 1 unspecified atom stereocenters. The fourth-order valence-corrected chi connectivity index (χ4v) is 7.13. The smallest absolute Gasteiger partial charge is 0.406 e. The first-order valence-electron chi connectivity index (χ1n) is 14.3. The molecule has 1 nitrogen and oxygen atoms in total. The highest BCUT2D eigenvalue weighted by Gasteiger charge is 2.32. The van der Waals surface area contributed by atoms with Gasteiger partial charge in [0.2, 0.25) is 0 Å². The Labute approximate surface area is 224 Å². The van der Waals surface area contributed by atoms with Crippen LogP contribution in [-0.2, 0) is 0 Å². The highest BCUT2D eigenvalue weighted by Crippen LogP contribution is 2.44. The molecule has 0 aliphatic heterocycles. The van der Waals surface area contributed by atoms with Crippen LogP contribution in [0.4, 0.5) is 17.6 Å². The van der Waals surface area contributed by atoms with E-state index >= 15 is 4.39 Å². The Morgan fingerprint density at radius 3 is 1.97 bits per heavy atom. The largest absolute Gasteiger partial charge is 0.573 e. The zero-order chi connectivity index (χ0) is 26.7. The van der Waals surface area contributed by atoms with E-state index in [0.29, 0.717) is 29.6 Å². The summed E-state index contributed by atoms with van der Waals surface area (Å²) in [6.45, 7) is 3.92. The molecule has 204 valence electrons. The van der Waals surface area contributed by atoms with Crippen molar-refractivity contribution in [3.63, 3.8) is 0 Å². The number of rotatable bonds is 6. The van der Waals surface area contributed by atoms with Gasteiger partial charge in [0.15, 0.2) is 0 Å². The van der Waals surface area contributed by atoms with Crippen LogP contribution in [0.25, 0.3) is 5.57 Å². The first-order chi connectivity index (χ1) is 18.3. The van der Waals surface area contributed by atoms with Crippen LogP contribution in [0.15, 0.2) is 61.2 Å². The predicted molar refractivity (Wildman–Crippen MR) is 144 cm³/mol. The first kappa shape index (κ1) is 27.0. The highest BCUT2D eigenvalue weighted by molar-refractivity contribution is 5.67. The molecule has 3 aliphatic rings. The van der Waals surface area contributed by atoms with Gasteiger partial charge in [0, 0.05) is 5.56 Å². The van der Waals surface area contributed by atoms with Gasteiger partial charge in [-0.2, -0.15) is 0 Å². The summed E-state index contributed by atoms with van der Waals surface area (Å²) in [6, 6.07) is 12.3. The van der Waals surface area contributed by atoms with Gasteiger partial charge in [-0.15, -0.1) is 19.8 Å². The van der Waals surface area contributed by atoms with Gasteiger partial charge in [-0.25, -0.2) is 4.39 Å². The molecule has 0 aromatic heterocycles. The van der Waals surface area contributed by atoms with Crippen molar-refractivity contribution in [2.75, 3.05) is 0 Å². The van der Waals surface area contributed by atoms with E-state index in [4.69, 9.17) is 0 Å². The molecule has 0 bridgehead atoms. The van der Waals surface area contributed by atoms with Crippen molar-refractivity contribution in [3.05, 3.63) is 83.7 Å². The lowest BCUT2D eigenvalue weighted by atomic mass is 9.70. The molecule has 5 heteroatoms. The monoisotopic (exact) mass is 526 g/mol. The Bertz CT molecular complexity index is 1120. The Balaban J connectivity index is 1.13. The summed E-state index contributed by atoms with van der Waals surface area (Å²) in [5, 5.41) is 0. The van der Waals surface area contributed by atoms with E-state index in [9.17, 15) is 13.2 Å². The fourth-order valence-electron chi connectivity index (χ4n) is 7.13. The number of hydrogen-bond donors (Lipinski definition) is 0. The number of ether oxygens (including phenoxy) is 1. The maximum absolute atomic E-state index is 15.2. The van der Waals surface area contributed by atoms with Crippen molar-refractivity contribution in [3.8, 4) is 5.75 Å². The lowest BCUT2D eigenvalue weighted by molar-refractivity contribution is -0.274. The summed E-state index contributed by atoms with van der Waals surface area (Å²) in [5.41, 5.74) is 4.16. The van der Waals surface area contributed by atoms with Gasteiger partial charge in [-0.05, 0) is 135 Å². The van der Waals surface area contributed by atoms with Crippen LogP contribution < -0.4 is 4.74 Å². The van der Waals surface area contributed by atoms with E-state index in [1.165, 1.54) is 12.1 Å². The van der Waals surface area contributed by atoms with E-state index in [1.54, 1.807) is 18.2 Å². The highest BCUT2D eigenvalue weighted by atomic mass is 19.4. The topological polar surface area (TPSA) is 9.23 Å². The van der Waals surface area contributed by atoms with Crippen molar-refractivity contribution in [2.45, 2.75) is 88.8 Å². The molecular weight excluding hydrogens is 488 g/mol. The molecule has 0 amide bonds. The number of benzene rings is 2. The average molecular weight is 527 g/mol. The summed E-state index contributed by atoms with van der Waals surface area (Å²) >= 11 is 0. The van der Waals surface area contributed by atoms with Gasteiger partial charge < -0.3 is 4.74 Å². The second kappa shape index (κ2) is 11.7. The van der Waals surface area contributed by atoms with Crippen molar-refractivity contribution < 1.29 is 22.3 Å². The minimum absolute atomic E-state index is 0.0785. The van der Waals surface area contributed by atoms with Gasteiger partial charge in [0.25, 0.3) is 0 Å². The quantitative estimate of drug-likeness (QED) is 0.269. The van der Waals surface area contributed by atoms with Crippen molar-refractivity contribution in [2.24, 2.45) is 17.8 Å². The molecule has 2 saturated carbocycles. The number of allylic oxidation sites excluding steroid dienone is 3. The molecule has 1 atom stereocenters. The van der Waals surface area contributed by atoms with Gasteiger partial charge in [0.05, 0.1) is 0 Å². The van der Waals surface area contributed by atoms with E-state index < -0.39 is 6.36 Å². The third-order valence-electron chi connectivity index (χ3n) is 9.39. The molecule has 0 radical (unpaired) electrons. The maximum atomic E-state index is 15.2. The normalized spacial score (nSPS) is 28.4. The second-order valence-electron chi connectivity index (χ2n) is 11.6. The Kier molecular flexibility index (Phi) is 8.30. The lowest BCUT2D eigenvalue weighted by Gasteiger charge is -2.36. The predicted octanol–water partition coefficient (Wildman–Crippen LogP) is 10.3. The molecule has 2 fully saturated rings. The third kappa shape index (κ3) is 6.52. The zero-order valence-electron chi connectivity index (χ0n) is 22.0. The third-order valence-corrected chi connectivity index (χ3v) is 9.39. The Hall–Kier alpha value is -2.56. The van der Waals surface area contributed by atoms with Crippen LogP contribution >= 0.6 is 0 Å². The summed E-state index contributed by atoms with van der Waals surface area (Å²) in [6.07, 6.45) is 11.6. The molecule has 38 heavy (non-hydrogen) atoms. The first-order valence-corrected chi connectivity index (χ1v) is 14.3. The lowest BCUT2D eigenvalue weighted by Crippen LogP contribution is -2.22. The van der Waals surface area contributed by atoms with Crippen LogP contribution in [0, 0.1) is 23.6 Å². The molecular formula is C33H38F4O. The van der Waals surface area contributed by atoms with Gasteiger partial charge in [0.1, 0.15) is 11.6 Å². The van der Waals surface area contributed by atoms with Crippen LogP contribution in [0.1, 0.15) is 99.2 Å². The SMILES string of the molecule is C=CC1CCC(c2ccc(C3=CCC(C4CCC(c5ccc(OC(F)(F)F)cc5)CC4)CC3)c(F)c2)CC1. The summed E-state index contributed by atoms with van der Waals surface area (Å²) < 4.78 is 56.4. The molecule has 2 aromatic carbocycles. The Morgan fingerprint density at radius 1 is 0.763 bits per heavy atom. The number of alkyl halides is 3. The average Bonchev–Trinajstić information content (AvgIpc) is 2.93. The van der Waals surface area contributed by atoms with Gasteiger partial charge in [-0.3, -0.25) is 0 Å². The fraction of sp³-hybridized carbons (Fsp3) is 0.515. The zero-order valence-corrected chi connectivity index (χ0v) is 22.0. The molecule has 3 aliphatic carbocycles. The van der Waals surface area contributed by atoms with Crippen molar-refractivity contribution in [1.29, 1.82) is 0 Å². The standard InChI is InChI=1S/C33H38F4O/c1-2-22-3-5-27(6-4-22)29-17-20-31(32(34)21-29)28-13-11-25(12-14-28)23-7-9-24(10-8-23)26-15-18-30(19-16-26)38-33(35,36)37/h2,13,15-25,27H,1,3-12,14H2. The summed E-state index contributed by atoms with van der Waals surface area (Å²) in [7, 11) is 0. The van der Waals surface area contributed by atoms with Crippen LogP contribution in [0.5, 0.6) is 5.75 Å². The van der Waals surface area contributed by atoms with Crippen molar-refractivity contribution >= 4 is 5.57 Å². The maximum Gasteiger partial charge on any atom is 0.573 e. The number of halogens is 4. The van der Waals surface area contributed by atoms with E-state index in [1.807, 2.05) is 6.07 Å². The Morgan fingerprint density at radius 2 is 1.39 bits per heavy atom. The van der Waals surface area contributed by atoms with Crippen molar-refractivity contribution in [1.82, 2.24) is 0 Å².